The van der Waals surface area contributed by atoms with Crippen LogP contribution in [0.15, 0.2) is 36.5 Å². The molecule has 11 heteroatoms. The van der Waals surface area contributed by atoms with E-state index < -0.39 is 31.9 Å². The van der Waals surface area contributed by atoms with E-state index in [4.69, 9.17) is 5.14 Å². The first kappa shape index (κ1) is 17.5. The lowest BCUT2D eigenvalue weighted by molar-refractivity contribution is -0.255. The van der Waals surface area contributed by atoms with Gasteiger partial charge in [-0.05, 0) is 36.6 Å². The van der Waals surface area contributed by atoms with Gasteiger partial charge in [0.2, 0.25) is 10.0 Å². The van der Waals surface area contributed by atoms with Crippen molar-refractivity contribution >= 4 is 31.9 Å². The Morgan fingerprint density at radius 2 is 1.72 bits per heavy atom. The third-order valence-corrected chi connectivity index (χ3v) is 6.46. The molecule has 1 aliphatic carbocycles. The van der Waals surface area contributed by atoms with Gasteiger partial charge in [0.15, 0.2) is 0 Å². The summed E-state index contributed by atoms with van der Waals surface area (Å²) >= 11 is 0. The number of carboxylic acids is 1. The number of nitrogens with two attached hydrogens (primary N) is 1. The highest BCUT2D eigenvalue weighted by Crippen LogP contribution is 2.31. The standard InChI is InChI=1S/C14H15N3O6S2/c15-25(22,23)17-8-7-12(13(17)14(18)19)9-1-3-10(4-2-9)16-24(20,21)11-5-6-11/h1-4,7-8,11,16H,5-6H2,(H,18,19)(H2,15,22,23)/p-1. The molecule has 134 valence electrons. The number of rotatable bonds is 6. The van der Waals surface area contributed by atoms with Gasteiger partial charge in [-0.15, -0.1) is 0 Å². The summed E-state index contributed by atoms with van der Waals surface area (Å²) in [5, 5.41) is 15.9. The zero-order valence-electron chi connectivity index (χ0n) is 12.7. The summed E-state index contributed by atoms with van der Waals surface area (Å²) in [6.45, 7) is 0. The van der Waals surface area contributed by atoms with Crippen molar-refractivity contribution in [2.75, 3.05) is 4.72 Å². The number of aromatic carboxylic acids is 1. The van der Waals surface area contributed by atoms with Crippen molar-refractivity contribution in [3.05, 3.63) is 42.2 Å². The number of anilines is 1. The molecule has 9 nitrogen and oxygen atoms in total. The van der Waals surface area contributed by atoms with Gasteiger partial charge in [0, 0.05) is 17.4 Å². The van der Waals surface area contributed by atoms with E-state index in [1.807, 2.05) is 0 Å². The largest absolute Gasteiger partial charge is 0.543 e. The van der Waals surface area contributed by atoms with Crippen molar-refractivity contribution in [2.45, 2.75) is 18.1 Å². The molecule has 1 heterocycles. The topological polar surface area (TPSA) is 151 Å². The van der Waals surface area contributed by atoms with Gasteiger partial charge < -0.3 is 9.90 Å². The van der Waals surface area contributed by atoms with E-state index in [1.54, 1.807) is 0 Å². The molecule has 1 saturated carbocycles. The maximum atomic E-state index is 11.9. The van der Waals surface area contributed by atoms with Crippen molar-refractivity contribution in [3.63, 3.8) is 0 Å². The van der Waals surface area contributed by atoms with E-state index in [2.05, 4.69) is 4.72 Å². The van der Waals surface area contributed by atoms with Gasteiger partial charge >= 0.3 is 10.2 Å². The van der Waals surface area contributed by atoms with Gasteiger partial charge in [-0.25, -0.2) is 17.5 Å². The molecule has 0 atom stereocenters. The van der Waals surface area contributed by atoms with Crippen LogP contribution in [0.25, 0.3) is 11.1 Å². The van der Waals surface area contributed by atoms with E-state index in [0.29, 0.717) is 28.1 Å². The van der Waals surface area contributed by atoms with Crippen molar-refractivity contribution < 1.29 is 26.7 Å². The maximum absolute atomic E-state index is 11.9. The van der Waals surface area contributed by atoms with Crippen LogP contribution in [0.4, 0.5) is 5.69 Å². The Hall–Kier alpha value is -2.37. The number of sulfonamides is 1. The summed E-state index contributed by atoms with van der Waals surface area (Å²) in [4.78, 5) is 11.3. The SMILES string of the molecule is NS(=O)(=O)n1ccc(-c2ccc(NS(=O)(=O)C3CC3)cc2)c1C(=O)[O-]. The minimum Gasteiger partial charge on any atom is -0.543 e. The normalized spacial score (nSPS) is 15.1. The van der Waals surface area contributed by atoms with Gasteiger partial charge in [0.25, 0.3) is 0 Å². The molecule has 3 rings (SSSR count). The Morgan fingerprint density at radius 3 is 2.20 bits per heavy atom. The second-order valence-electron chi connectivity index (χ2n) is 5.63. The van der Waals surface area contributed by atoms with Crippen LogP contribution in [-0.2, 0) is 20.2 Å². The Bertz CT molecular complexity index is 1030. The summed E-state index contributed by atoms with van der Waals surface area (Å²) in [5.41, 5.74) is 0.187. The number of hydrogen-bond acceptors (Lipinski definition) is 6. The molecule has 0 saturated heterocycles. The molecule has 25 heavy (non-hydrogen) atoms. The smallest absolute Gasteiger partial charge is 0.302 e. The summed E-state index contributed by atoms with van der Waals surface area (Å²) in [6.07, 6.45) is 2.27. The number of carbonyl (C=O) groups is 1. The summed E-state index contributed by atoms with van der Waals surface area (Å²) in [7, 11) is -7.70. The molecule has 1 aromatic carbocycles. The highest BCUT2D eigenvalue weighted by atomic mass is 32.2. The van der Waals surface area contributed by atoms with E-state index in [-0.39, 0.29) is 10.8 Å². The number of nitrogens with one attached hydrogen (secondary N) is 1. The van der Waals surface area contributed by atoms with Crippen LogP contribution in [0.1, 0.15) is 23.3 Å². The summed E-state index contributed by atoms with van der Waals surface area (Å²) in [6, 6.07) is 7.14. The zero-order valence-corrected chi connectivity index (χ0v) is 14.4. The molecule has 0 amide bonds. The molecule has 1 aromatic heterocycles. The number of carbonyl (C=O) groups excluding carboxylic acids is 1. The lowest BCUT2D eigenvalue weighted by Gasteiger charge is -2.11. The molecule has 0 spiro atoms. The molecule has 0 bridgehead atoms. The van der Waals surface area contributed by atoms with Gasteiger partial charge in [0.1, 0.15) is 0 Å². The third kappa shape index (κ3) is 3.52. The molecule has 0 unspecified atom stereocenters. The van der Waals surface area contributed by atoms with Gasteiger partial charge in [-0.3, -0.25) is 4.72 Å². The molecule has 2 aromatic rings. The molecule has 1 fully saturated rings. The average Bonchev–Trinajstić information content (AvgIpc) is 3.26. The lowest BCUT2D eigenvalue weighted by Crippen LogP contribution is -2.31. The van der Waals surface area contributed by atoms with E-state index in [1.165, 1.54) is 30.3 Å². The van der Waals surface area contributed by atoms with Crippen LogP contribution in [0.5, 0.6) is 0 Å². The highest BCUT2D eigenvalue weighted by Gasteiger charge is 2.35. The molecule has 1 aliphatic rings. The summed E-state index contributed by atoms with van der Waals surface area (Å²) < 4.78 is 49.6. The second kappa shape index (κ2) is 5.86. The van der Waals surface area contributed by atoms with E-state index in [9.17, 15) is 26.7 Å². The Balaban J connectivity index is 1.95. The average molecular weight is 384 g/mol. The van der Waals surface area contributed by atoms with Crippen LogP contribution in [0.2, 0.25) is 0 Å². The van der Waals surface area contributed by atoms with Crippen molar-refractivity contribution in [1.82, 2.24) is 3.97 Å². The third-order valence-electron chi connectivity index (χ3n) is 3.74. The zero-order chi connectivity index (χ0) is 18.4. The molecule has 3 N–H and O–H groups in total. The Morgan fingerprint density at radius 1 is 1.12 bits per heavy atom. The van der Waals surface area contributed by atoms with Crippen LogP contribution in [0, 0.1) is 0 Å². The lowest BCUT2D eigenvalue weighted by atomic mass is 10.1. The first-order valence-electron chi connectivity index (χ1n) is 7.17. The number of benzene rings is 1. The van der Waals surface area contributed by atoms with Gasteiger partial charge in [0.05, 0.1) is 16.9 Å². The predicted molar refractivity (Wildman–Crippen MR) is 88.3 cm³/mol. The van der Waals surface area contributed by atoms with Crippen molar-refractivity contribution in [1.29, 1.82) is 0 Å². The fraction of sp³-hybridized carbons (Fsp3) is 0.214. The summed E-state index contributed by atoms with van der Waals surface area (Å²) in [5.74, 6) is -1.70. The molecular weight excluding hydrogens is 370 g/mol. The maximum Gasteiger partial charge on any atom is 0.302 e. The van der Waals surface area contributed by atoms with Gasteiger partial charge in [-0.2, -0.15) is 8.42 Å². The van der Waals surface area contributed by atoms with E-state index >= 15 is 0 Å². The predicted octanol–water partition coefficient (Wildman–Crippen LogP) is -0.526. The first-order chi connectivity index (χ1) is 11.6. The minimum absolute atomic E-state index is 0.0885. The van der Waals surface area contributed by atoms with Crippen LogP contribution in [-0.4, -0.2) is 32.0 Å². The monoisotopic (exact) mass is 384 g/mol. The number of nitrogens with zero attached hydrogens (tertiary/aromatic N) is 1. The van der Waals surface area contributed by atoms with Gasteiger partial charge in [-0.1, -0.05) is 12.1 Å². The van der Waals surface area contributed by atoms with Crippen molar-refractivity contribution in [2.24, 2.45) is 5.14 Å². The Labute approximate surface area is 144 Å². The van der Waals surface area contributed by atoms with E-state index in [0.717, 1.165) is 6.20 Å². The van der Waals surface area contributed by atoms with Crippen molar-refractivity contribution in [3.8, 4) is 11.1 Å². The molecular formula is C14H14N3O6S2-. The number of aromatic nitrogens is 1. The minimum atomic E-state index is -4.30. The quantitative estimate of drug-likeness (QED) is 0.683. The highest BCUT2D eigenvalue weighted by molar-refractivity contribution is 7.93. The number of carboxylic acid groups (broad SMARTS) is 1. The molecule has 0 aliphatic heterocycles. The molecule has 0 radical (unpaired) electrons. The van der Waals surface area contributed by atoms with Crippen LogP contribution < -0.4 is 15.0 Å². The first-order valence-corrected chi connectivity index (χ1v) is 10.2. The second-order valence-corrected chi connectivity index (χ2v) is 9.01. The van der Waals surface area contributed by atoms with Crippen LogP contribution in [0.3, 0.4) is 0 Å². The Kier molecular flexibility index (Phi) is 4.09. The fourth-order valence-electron chi connectivity index (χ4n) is 2.40. The number of hydrogen-bond donors (Lipinski definition) is 2. The van der Waals surface area contributed by atoms with Crippen LogP contribution >= 0.6 is 0 Å². The fourth-order valence-corrected chi connectivity index (χ4v) is 4.45.